The van der Waals surface area contributed by atoms with Crippen LogP contribution in [0.25, 0.3) is 0 Å². The fourth-order valence-electron chi connectivity index (χ4n) is 1.88. The van der Waals surface area contributed by atoms with Gasteiger partial charge in [-0.05, 0) is 24.3 Å². The van der Waals surface area contributed by atoms with Crippen LogP contribution in [-0.4, -0.2) is 28.5 Å². The van der Waals surface area contributed by atoms with Gasteiger partial charge in [-0.25, -0.2) is 0 Å². The van der Waals surface area contributed by atoms with E-state index in [1.807, 2.05) is 0 Å². The first kappa shape index (κ1) is 16.6. The van der Waals surface area contributed by atoms with Gasteiger partial charge in [0.15, 0.2) is 17.2 Å². The number of hydrogen-bond acceptors (Lipinski definition) is 6. The van der Waals surface area contributed by atoms with Crippen molar-refractivity contribution in [1.29, 1.82) is 0 Å². The van der Waals surface area contributed by atoms with Crippen molar-refractivity contribution in [2.24, 2.45) is 5.73 Å². The molecule has 0 aliphatic carbocycles. The molecule has 2 rings (SSSR count). The van der Waals surface area contributed by atoms with Gasteiger partial charge < -0.3 is 19.4 Å². The van der Waals surface area contributed by atoms with E-state index in [9.17, 15) is 13.2 Å². The highest BCUT2D eigenvalue weighted by Gasteiger charge is 2.21. The maximum atomic E-state index is 12.4. The van der Waals surface area contributed by atoms with Crippen molar-refractivity contribution in [3.63, 3.8) is 0 Å². The lowest BCUT2D eigenvalue weighted by atomic mass is 10.2. The molecule has 0 unspecified atom stereocenters. The Kier molecular flexibility index (Phi) is 4.75. The van der Waals surface area contributed by atoms with Crippen LogP contribution in [0.1, 0.15) is 10.4 Å². The van der Waals surface area contributed by atoms with Crippen LogP contribution >= 0.6 is 0 Å². The van der Waals surface area contributed by atoms with E-state index in [1.165, 1.54) is 50.6 Å². The average molecular weight is 337 g/mol. The maximum absolute atomic E-state index is 12.4. The minimum absolute atomic E-state index is 0.0310. The highest BCUT2D eigenvalue weighted by Crippen LogP contribution is 2.31. The van der Waals surface area contributed by atoms with E-state index >= 15 is 0 Å². The van der Waals surface area contributed by atoms with Crippen LogP contribution in [0.4, 0.5) is 0 Å². The quantitative estimate of drug-likeness (QED) is 0.802. The summed E-state index contributed by atoms with van der Waals surface area (Å²) in [6, 6.07) is 9.82. The van der Waals surface area contributed by atoms with E-state index in [2.05, 4.69) is 0 Å². The number of amides is 1. The van der Waals surface area contributed by atoms with Crippen molar-refractivity contribution >= 4 is 16.0 Å². The van der Waals surface area contributed by atoms with Crippen LogP contribution in [0, 0.1) is 0 Å². The van der Waals surface area contributed by atoms with E-state index in [0.29, 0.717) is 5.75 Å². The second-order valence-corrected chi connectivity index (χ2v) is 5.96. The Labute approximate surface area is 133 Å². The molecular weight excluding hydrogens is 322 g/mol. The van der Waals surface area contributed by atoms with Gasteiger partial charge >= 0.3 is 10.1 Å². The lowest BCUT2D eigenvalue weighted by Crippen LogP contribution is -2.16. The Morgan fingerprint density at radius 1 is 0.957 bits per heavy atom. The molecule has 0 fully saturated rings. The fourth-order valence-corrected chi connectivity index (χ4v) is 2.85. The molecule has 8 heteroatoms. The average Bonchev–Trinajstić information content (AvgIpc) is 2.54. The van der Waals surface area contributed by atoms with Gasteiger partial charge in [0.25, 0.3) is 5.91 Å². The molecule has 7 nitrogen and oxygen atoms in total. The molecule has 2 N–H and O–H groups in total. The fraction of sp³-hybridized carbons (Fsp3) is 0.133. The predicted molar refractivity (Wildman–Crippen MR) is 82.3 cm³/mol. The summed E-state index contributed by atoms with van der Waals surface area (Å²) in [5.41, 5.74) is 5.17. The summed E-state index contributed by atoms with van der Waals surface area (Å²) in [6.07, 6.45) is 0. The molecule has 0 atom stereocenters. The zero-order valence-corrected chi connectivity index (χ0v) is 13.3. The third kappa shape index (κ3) is 3.54. The normalized spacial score (nSPS) is 10.9. The molecule has 0 radical (unpaired) electrons. The summed E-state index contributed by atoms with van der Waals surface area (Å²) in [7, 11) is -1.35. The Morgan fingerprint density at radius 2 is 1.61 bits per heavy atom. The van der Waals surface area contributed by atoms with Crippen molar-refractivity contribution in [1.82, 2.24) is 0 Å². The van der Waals surface area contributed by atoms with Crippen molar-refractivity contribution in [2.45, 2.75) is 4.90 Å². The third-order valence-electron chi connectivity index (χ3n) is 3.00. The standard InChI is InChI=1S/C15H15NO6S/c1-20-13-8-7-10(9-14(13)21-2)23(18,19)22-12-6-4-3-5-11(12)15(16)17/h3-9H,1-2H3,(H2,16,17). The van der Waals surface area contributed by atoms with Gasteiger partial charge in [-0.1, -0.05) is 12.1 Å². The van der Waals surface area contributed by atoms with Gasteiger partial charge in [-0.2, -0.15) is 8.42 Å². The van der Waals surface area contributed by atoms with Gasteiger partial charge in [0.1, 0.15) is 4.90 Å². The molecule has 0 bridgehead atoms. The van der Waals surface area contributed by atoms with Crippen molar-refractivity contribution in [3.8, 4) is 17.2 Å². The van der Waals surface area contributed by atoms with Gasteiger partial charge in [0.05, 0.1) is 19.8 Å². The number of hydrogen-bond donors (Lipinski definition) is 1. The molecule has 1 amide bonds. The van der Waals surface area contributed by atoms with Gasteiger partial charge in [0.2, 0.25) is 0 Å². The molecular formula is C15H15NO6S. The second-order valence-electron chi connectivity index (χ2n) is 4.41. The lowest BCUT2D eigenvalue weighted by molar-refractivity contribution is 0.0999. The van der Waals surface area contributed by atoms with E-state index < -0.39 is 16.0 Å². The smallest absolute Gasteiger partial charge is 0.339 e. The topological polar surface area (TPSA) is 105 Å². The SMILES string of the molecule is COc1ccc(S(=O)(=O)Oc2ccccc2C(N)=O)cc1OC. The number of ether oxygens (including phenoxy) is 2. The summed E-state index contributed by atoms with van der Waals surface area (Å²) in [6.45, 7) is 0. The Balaban J connectivity index is 2.42. The summed E-state index contributed by atoms with van der Waals surface area (Å²) < 4.78 is 39.9. The third-order valence-corrected chi connectivity index (χ3v) is 4.23. The molecule has 0 aliphatic rings. The minimum atomic E-state index is -4.17. The number of primary amides is 1. The van der Waals surface area contributed by atoms with Crippen LogP contribution < -0.4 is 19.4 Å². The molecule has 23 heavy (non-hydrogen) atoms. The van der Waals surface area contributed by atoms with E-state index in [0.717, 1.165) is 0 Å². The number of carbonyl (C=O) groups is 1. The van der Waals surface area contributed by atoms with E-state index in [-0.39, 0.29) is 22.0 Å². The van der Waals surface area contributed by atoms with Gasteiger partial charge in [-0.15, -0.1) is 0 Å². The molecule has 0 saturated heterocycles. The van der Waals surface area contributed by atoms with Gasteiger partial charge in [-0.3, -0.25) is 4.79 Å². The summed E-state index contributed by atoms with van der Waals surface area (Å²) in [5, 5.41) is 0. The lowest BCUT2D eigenvalue weighted by Gasteiger charge is -2.12. The summed E-state index contributed by atoms with van der Waals surface area (Å²) >= 11 is 0. The van der Waals surface area contributed by atoms with Crippen molar-refractivity contribution in [3.05, 3.63) is 48.0 Å². The molecule has 0 heterocycles. The number of para-hydroxylation sites is 1. The van der Waals surface area contributed by atoms with Crippen LogP contribution in [0.15, 0.2) is 47.4 Å². The number of methoxy groups -OCH3 is 2. The summed E-state index contributed by atoms with van der Waals surface area (Å²) in [5.74, 6) is -0.317. The first-order valence-corrected chi connectivity index (χ1v) is 7.85. The largest absolute Gasteiger partial charge is 0.493 e. The molecule has 2 aromatic carbocycles. The maximum Gasteiger partial charge on any atom is 0.339 e. The molecule has 0 saturated carbocycles. The minimum Gasteiger partial charge on any atom is -0.493 e. The Morgan fingerprint density at radius 3 is 2.22 bits per heavy atom. The van der Waals surface area contributed by atoms with Gasteiger partial charge in [0, 0.05) is 6.07 Å². The van der Waals surface area contributed by atoms with E-state index in [1.54, 1.807) is 6.07 Å². The Bertz CT molecular complexity index is 832. The number of rotatable bonds is 6. The first-order valence-electron chi connectivity index (χ1n) is 6.44. The predicted octanol–water partition coefficient (Wildman–Crippen LogP) is 1.57. The Hall–Kier alpha value is -2.74. The zero-order valence-electron chi connectivity index (χ0n) is 12.5. The molecule has 0 aliphatic heterocycles. The van der Waals surface area contributed by atoms with Crippen molar-refractivity contribution < 1.29 is 26.9 Å². The first-order chi connectivity index (χ1) is 10.9. The molecule has 0 spiro atoms. The number of benzene rings is 2. The van der Waals surface area contributed by atoms with E-state index in [4.69, 9.17) is 19.4 Å². The number of nitrogens with two attached hydrogens (primary N) is 1. The van der Waals surface area contributed by atoms with Crippen LogP contribution in [-0.2, 0) is 10.1 Å². The zero-order chi connectivity index (χ0) is 17.0. The monoisotopic (exact) mass is 337 g/mol. The van der Waals surface area contributed by atoms with Crippen LogP contribution in [0.5, 0.6) is 17.2 Å². The highest BCUT2D eigenvalue weighted by molar-refractivity contribution is 7.87. The highest BCUT2D eigenvalue weighted by atomic mass is 32.2. The molecule has 122 valence electrons. The van der Waals surface area contributed by atoms with Crippen LogP contribution in [0.3, 0.4) is 0 Å². The van der Waals surface area contributed by atoms with Crippen LogP contribution in [0.2, 0.25) is 0 Å². The van der Waals surface area contributed by atoms with Crippen molar-refractivity contribution in [2.75, 3.05) is 14.2 Å². The molecule has 0 aromatic heterocycles. The number of carbonyl (C=O) groups excluding carboxylic acids is 1. The molecule has 2 aromatic rings. The summed E-state index contributed by atoms with van der Waals surface area (Å²) in [4.78, 5) is 11.2. The second kappa shape index (κ2) is 6.57.